The van der Waals surface area contributed by atoms with Crippen molar-refractivity contribution < 1.29 is 59.9 Å². The summed E-state index contributed by atoms with van der Waals surface area (Å²) in [6, 6.07) is 0. The van der Waals surface area contributed by atoms with Gasteiger partial charge in [0.2, 0.25) is 0 Å². The smallest absolute Gasteiger partial charge is 0 e. The molecule has 0 amide bonds. The van der Waals surface area contributed by atoms with E-state index < -0.39 is 0 Å². The van der Waals surface area contributed by atoms with Gasteiger partial charge < -0.3 is 0 Å². The van der Waals surface area contributed by atoms with Crippen LogP contribution in [0.5, 0.6) is 0 Å². The molecule has 0 saturated heterocycles. The minimum atomic E-state index is 0. The monoisotopic (exact) mass is 223 g/mol. The summed E-state index contributed by atoms with van der Waals surface area (Å²) in [5.74, 6) is 0. The van der Waals surface area contributed by atoms with E-state index in [-0.39, 0.29) is 66.0 Å². The van der Waals surface area contributed by atoms with Crippen molar-refractivity contribution in [1.29, 1.82) is 0 Å². The molecule has 0 rings (SSSR count). The Hall–Kier alpha value is 1.88. The summed E-state index contributed by atoms with van der Waals surface area (Å²) >= 11 is 0. The predicted molar refractivity (Wildman–Crippen MR) is 2.13 cm³/mol. The average Bonchev–Trinajstić information content (AvgIpc) is 0. The van der Waals surface area contributed by atoms with E-state index in [9.17, 15) is 0 Å². The Balaban J connectivity index is 0. The van der Waals surface area contributed by atoms with Crippen molar-refractivity contribution in [2.24, 2.45) is 0 Å². The molecule has 0 saturated carbocycles. The summed E-state index contributed by atoms with van der Waals surface area (Å²) in [6.07, 6.45) is 0. The molecular formula is CuMoNTi. The quantitative estimate of drug-likeness (QED) is 0.494. The van der Waals surface area contributed by atoms with Gasteiger partial charge in [0, 0.05) is 66.0 Å². The SMILES string of the molecule is [Cu].[Mo].[N].[Ti]. The molecule has 0 aliphatic heterocycles. The van der Waals surface area contributed by atoms with Crippen LogP contribution in [0.3, 0.4) is 0 Å². The average molecular weight is 221 g/mol. The van der Waals surface area contributed by atoms with Crippen LogP contribution in [-0.2, 0) is 59.9 Å². The molecule has 4 heteroatoms. The van der Waals surface area contributed by atoms with E-state index in [1.165, 1.54) is 0 Å². The van der Waals surface area contributed by atoms with E-state index in [1.54, 1.807) is 0 Å². The van der Waals surface area contributed by atoms with Gasteiger partial charge >= 0.3 is 0 Å². The molecule has 4 heavy (non-hydrogen) atoms. The van der Waals surface area contributed by atoms with Gasteiger partial charge in [-0.3, -0.25) is 0 Å². The topological polar surface area (TPSA) is 30.5 Å². The number of hydrogen-bond acceptors (Lipinski definition) is 0. The van der Waals surface area contributed by atoms with Gasteiger partial charge in [0.25, 0.3) is 0 Å². The summed E-state index contributed by atoms with van der Waals surface area (Å²) in [4.78, 5) is 0. The Bertz CT molecular complexity index is 8.00. The van der Waals surface area contributed by atoms with Gasteiger partial charge in [0.05, 0.1) is 0 Å². The van der Waals surface area contributed by atoms with Crippen LogP contribution in [0.1, 0.15) is 0 Å². The summed E-state index contributed by atoms with van der Waals surface area (Å²) in [5, 5.41) is 0. The molecule has 0 aromatic carbocycles. The maximum Gasteiger partial charge on any atom is 0 e. The van der Waals surface area contributed by atoms with Crippen LogP contribution in [0.15, 0.2) is 0 Å². The Morgan fingerprint density at radius 3 is 1.00 bits per heavy atom. The van der Waals surface area contributed by atoms with Gasteiger partial charge in [-0.25, -0.2) is 0 Å². The fourth-order valence-corrected chi connectivity index (χ4v) is 0. The number of hydrogen-bond donors (Lipinski definition) is 0. The van der Waals surface area contributed by atoms with E-state index in [0.717, 1.165) is 0 Å². The van der Waals surface area contributed by atoms with Crippen LogP contribution in [0.4, 0.5) is 0 Å². The Labute approximate surface area is 65.5 Å². The minimum Gasteiger partial charge on any atom is 0 e. The third-order valence-electron chi connectivity index (χ3n) is 0. The van der Waals surface area contributed by atoms with Crippen LogP contribution >= 0.6 is 0 Å². The summed E-state index contributed by atoms with van der Waals surface area (Å²) in [6.45, 7) is 0. The molecule has 0 aromatic heterocycles. The standard InChI is InChI=1S/Cu.Mo.N.Ti. The van der Waals surface area contributed by atoms with Crippen LogP contribution < -0.4 is 6.15 Å². The number of rotatable bonds is 0. The Kier molecular flexibility index (Phi) is 206. The molecule has 1 nitrogen and oxygen atoms in total. The van der Waals surface area contributed by atoms with E-state index in [0.29, 0.717) is 0 Å². The van der Waals surface area contributed by atoms with Gasteiger partial charge in [-0.05, 0) is 0 Å². The largest absolute Gasteiger partial charge is 0 e. The van der Waals surface area contributed by atoms with Gasteiger partial charge in [-0.15, -0.1) is 0 Å². The fourth-order valence-electron chi connectivity index (χ4n) is 0. The first-order chi connectivity index (χ1) is 0. The first-order valence-corrected chi connectivity index (χ1v) is 0. The van der Waals surface area contributed by atoms with E-state index in [1.807, 2.05) is 0 Å². The molecule has 0 N–H and O–H groups in total. The first-order valence-electron chi connectivity index (χ1n) is 0. The molecule has 0 spiro atoms. The number of nitrogens with zero attached hydrogens (tertiary/aromatic N) is 1. The van der Waals surface area contributed by atoms with Crippen molar-refractivity contribution in [3.05, 3.63) is 0 Å². The maximum atomic E-state index is 0. The van der Waals surface area contributed by atoms with Gasteiger partial charge in [-0.1, -0.05) is 0 Å². The van der Waals surface area contributed by atoms with E-state index in [2.05, 4.69) is 0 Å². The van der Waals surface area contributed by atoms with Crippen LogP contribution in [0, 0.1) is 0 Å². The molecule has 0 unspecified atom stereocenters. The van der Waals surface area contributed by atoms with Crippen LogP contribution in [-0.4, -0.2) is 0 Å². The molecule has 26 valence electrons. The Morgan fingerprint density at radius 2 is 1.00 bits per heavy atom. The molecule has 0 fully saturated rings. The molecule has 0 aliphatic rings. The van der Waals surface area contributed by atoms with Gasteiger partial charge in [-0.2, -0.15) is 0 Å². The zero-order valence-corrected chi connectivity index (χ0v) is 6.17. The molecule has 4 radical (unpaired) electrons. The van der Waals surface area contributed by atoms with Crippen molar-refractivity contribution in [3.8, 4) is 0 Å². The molecule has 0 heterocycles. The van der Waals surface area contributed by atoms with Gasteiger partial charge in [0.1, 0.15) is 0 Å². The summed E-state index contributed by atoms with van der Waals surface area (Å²) in [5.41, 5.74) is 0. The third kappa shape index (κ3) is 9.10. The predicted octanol–water partition coefficient (Wildman–Crippen LogP) is -0.488. The Morgan fingerprint density at radius 1 is 1.00 bits per heavy atom. The first kappa shape index (κ1) is 39.6. The summed E-state index contributed by atoms with van der Waals surface area (Å²) in [7, 11) is 0. The molecule has 0 atom stereocenters. The van der Waals surface area contributed by atoms with E-state index >= 15 is 0 Å². The van der Waals surface area contributed by atoms with E-state index in [4.69, 9.17) is 0 Å². The zero-order chi connectivity index (χ0) is 0. The van der Waals surface area contributed by atoms with Crippen molar-refractivity contribution in [1.82, 2.24) is 6.15 Å². The van der Waals surface area contributed by atoms with Crippen molar-refractivity contribution >= 4 is 0 Å². The van der Waals surface area contributed by atoms with Crippen LogP contribution in [0.2, 0.25) is 0 Å². The normalized spacial score (nSPS) is 0. The maximum absolute atomic E-state index is 0. The minimum absolute atomic E-state index is 0. The second-order valence-corrected chi connectivity index (χ2v) is 0. The molecular weight excluding hydrogens is 221 g/mol. The third-order valence-corrected chi connectivity index (χ3v) is 0. The molecule has 0 aromatic rings. The van der Waals surface area contributed by atoms with Crippen molar-refractivity contribution in [2.75, 3.05) is 0 Å². The zero-order valence-electron chi connectivity index (χ0n) is 1.66. The second kappa shape index (κ2) is 20.8. The second-order valence-electron chi connectivity index (χ2n) is 0. The van der Waals surface area contributed by atoms with Crippen LogP contribution in [0.25, 0.3) is 0 Å². The summed E-state index contributed by atoms with van der Waals surface area (Å²) < 4.78 is 0. The van der Waals surface area contributed by atoms with Crippen molar-refractivity contribution in [3.63, 3.8) is 0 Å². The molecule has 0 bridgehead atoms. The fraction of sp³-hybridized carbons (Fsp3) is 0. The van der Waals surface area contributed by atoms with Gasteiger partial charge in [0.15, 0.2) is 0 Å². The van der Waals surface area contributed by atoms with Crippen molar-refractivity contribution in [2.45, 2.75) is 0 Å². The molecule has 0 aliphatic carbocycles.